The van der Waals surface area contributed by atoms with E-state index in [0.29, 0.717) is 18.4 Å². The second-order valence-corrected chi connectivity index (χ2v) is 5.46. The lowest BCUT2D eigenvalue weighted by Crippen LogP contribution is -2.45. The van der Waals surface area contributed by atoms with Gasteiger partial charge in [-0.05, 0) is 43.7 Å². The number of rotatable bonds is 5. The number of nitrogens with two attached hydrogens (primary N) is 1. The molecule has 1 saturated carbocycles. The van der Waals surface area contributed by atoms with Crippen molar-refractivity contribution < 1.29 is 4.79 Å². The summed E-state index contributed by atoms with van der Waals surface area (Å²) in [6.45, 7) is 4.19. The van der Waals surface area contributed by atoms with Gasteiger partial charge in [0.15, 0.2) is 0 Å². The summed E-state index contributed by atoms with van der Waals surface area (Å²) >= 11 is 0. The van der Waals surface area contributed by atoms with Crippen molar-refractivity contribution in [3.63, 3.8) is 0 Å². The first-order chi connectivity index (χ1) is 8.56. The molecule has 0 radical (unpaired) electrons. The highest BCUT2D eigenvalue weighted by atomic mass is 16.1. The Hall–Kier alpha value is -1.35. The van der Waals surface area contributed by atoms with E-state index in [-0.39, 0.29) is 11.9 Å². The fraction of sp³-hybridized carbons (Fsp3) is 0.533. The lowest BCUT2D eigenvalue weighted by molar-refractivity contribution is -0.118. The first-order valence-electron chi connectivity index (χ1n) is 6.66. The molecular weight excluding hydrogens is 224 g/mol. The minimum atomic E-state index is -0.232. The quantitative estimate of drug-likeness (QED) is 0.836. The Bertz CT molecular complexity index is 424. The van der Waals surface area contributed by atoms with Crippen LogP contribution in [0.3, 0.4) is 0 Å². The summed E-state index contributed by atoms with van der Waals surface area (Å²) < 4.78 is 0. The van der Waals surface area contributed by atoms with E-state index in [4.69, 9.17) is 5.73 Å². The van der Waals surface area contributed by atoms with Crippen molar-refractivity contribution in [2.75, 3.05) is 0 Å². The lowest BCUT2D eigenvalue weighted by atomic mass is 9.74. The zero-order chi connectivity index (χ0) is 13.1. The maximum Gasteiger partial charge on any atom is 0.218 e. The molecule has 1 aromatic rings. The zero-order valence-corrected chi connectivity index (χ0v) is 11.1. The Morgan fingerprint density at radius 2 is 2.11 bits per heavy atom. The SMILES string of the molecule is Cc1ccccc1C1CC(NC(C)CC(N)=O)C1. The van der Waals surface area contributed by atoms with Crippen LogP contribution in [0.5, 0.6) is 0 Å². The smallest absolute Gasteiger partial charge is 0.218 e. The van der Waals surface area contributed by atoms with Gasteiger partial charge in [0.1, 0.15) is 0 Å². The van der Waals surface area contributed by atoms with Crippen LogP contribution in [0.25, 0.3) is 0 Å². The van der Waals surface area contributed by atoms with Crippen LogP contribution < -0.4 is 11.1 Å². The molecule has 3 N–H and O–H groups in total. The minimum absolute atomic E-state index is 0.185. The van der Waals surface area contributed by atoms with Crippen molar-refractivity contribution >= 4 is 5.91 Å². The molecule has 1 aromatic carbocycles. The molecule has 1 fully saturated rings. The molecule has 0 bridgehead atoms. The van der Waals surface area contributed by atoms with E-state index in [1.54, 1.807) is 0 Å². The number of benzene rings is 1. The third-order valence-corrected chi connectivity index (χ3v) is 3.79. The average Bonchev–Trinajstić information content (AvgIpc) is 2.23. The third-order valence-electron chi connectivity index (χ3n) is 3.79. The fourth-order valence-corrected chi connectivity index (χ4v) is 2.82. The van der Waals surface area contributed by atoms with Gasteiger partial charge in [0.05, 0.1) is 0 Å². The fourth-order valence-electron chi connectivity index (χ4n) is 2.82. The van der Waals surface area contributed by atoms with Crippen LogP contribution in [-0.4, -0.2) is 18.0 Å². The summed E-state index contributed by atoms with van der Waals surface area (Å²) in [5.74, 6) is 0.439. The number of amides is 1. The lowest BCUT2D eigenvalue weighted by Gasteiger charge is -2.38. The second kappa shape index (κ2) is 5.53. The summed E-state index contributed by atoms with van der Waals surface area (Å²) in [5.41, 5.74) is 8.04. The van der Waals surface area contributed by atoms with Crippen LogP contribution >= 0.6 is 0 Å². The second-order valence-electron chi connectivity index (χ2n) is 5.46. The third kappa shape index (κ3) is 3.10. The predicted molar refractivity (Wildman–Crippen MR) is 73.4 cm³/mol. The van der Waals surface area contributed by atoms with Gasteiger partial charge in [-0.1, -0.05) is 24.3 Å². The number of aryl methyl sites for hydroxylation is 1. The van der Waals surface area contributed by atoms with Gasteiger partial charge >= 0.3 is 0 Å². The molecule has 1 atom stereocenters. The number of carbonyl (C=O) groups is 1. The molecule has 0 heterocycles. The van der Waals surface area contributed by atoms with Gasteiger partial charge in [-0.3, -0.25) is 4.79 Å². The summed E-state index contributed by atoms with van der Waals surface area (Å²) in [4.78, 5) is 10.8. The minimum Gasteiger partial charge on any atom is -0.370 e. The average molecular weight is 246 g/mol. The maximum atomic E-state index is 10.8. The van der Waals surface area contributed by atoms with Crippen LogP contribution in [0.4, 0.5) is 0 Å². The van der Waals surface area contributed by atoms with E-state index < -0.39 is 0 Å². The van der Waals surface area contributed by atoms with Gasteiger partial charge in [-0.2, -0.15) is 0 Å². The largest absolute Gasteiger partial charge is 0.370 e. The number of primary amides is 1. The van der Waals surface area contributed by atoms with E-state index in [2.05, 4.69) is 36.5 Å². The molecule has 1 aliphatic carbocycles. The Labute approximate surface area is 109 Å². The highest BCUT2D eigenvalue weighted by Gasteiger charge is 2.31. The van der Waals surface area contributed by atoms with E-state index in [0.717, 1.165) is 12.8 Å². The monoisotopic (exact) mass is 246 g/mol. The molecule has 3 nitrogen and oxygen atoms in total. The number of carbonyl (C=O) groups excluding carboxylic acids is 1. The highest BCUT2D eigenvalue weighted by molar-refractivity contribution is 5.74. The molecule has 0 aromatic heterocycles. The Kier molecular flexibility index (Phi) is 4.02. The summed E-state index contributed by atoms with van der Waals surface area (Å²) in [7, 11) is 0. The molecule has 1 amide bonds. The topological polar surface area (TPSA) is 55.1 Å². The van der Waals surface area contributed by atoms with Crippen LogP contribution in [-0.2, 0) is 4.79 Å². The van der Waals surface area contributed by atoms with E-state index in [1.165, 1.54) is 11.1 Å². The van der Waals surface area contributed by atoms with Crippen molar-refractivity contribution in [2.45, 2.75) is 51.1 Å². The van der Waals surface area contributed by atoms with Crippen molar-refractivity contribution in [1.82, 2.24) is 5.32 Å². The van der Waals surface area contributed by atoms with Gasteiger partial charge in [-0.15, -0.1) is 0 Å². The van der Waals surface area contributed by atoms with Gasteiger partial charge in [0.2, 0.25) is 5.91 Å². The molecule has 98 valence electrons. The summed E-state index contributed by atoms with van der Waals surface area (Å²) in [6.07, 6.45) is 2.74. The first-order valence-corrected chi connectivity index (χ1v) is 6.66. The maximum absolute atomic E-state index is 10.8. The number of hydrogen-bond acceptors (Lipinski definition) is 2. The van der Waals surface area contributed by atoms with Gasteiger partial charge in [0, 0.05) is 18.5 Å². The molecular formula is C15H22N2O. The predicted octanol–water partition coefficient (Wildman–Crippen LogP) is 2.09. The van der Waals surface area contributed by atoms with Crippen molar-refractivity contribution in [2.24, 2.45) is 5.73 Å². The van der Waals surface area contributed by atoms with Crippen LogP contribution in [0.2, 0.25) is 0 Å². The molecule has 0 saturated heterocycles. The van der Waals surface area contributed by atoms with E-state index >= 15 is 0 Å². The first kappa shape index (κ1) is 13.1. The summed E-state index contributed by atoms with van der Waals surface area (Å²) in [6, 6.07) is 9.31. The highest BCUT2D eigenvalue weighted by Crippen LogP contribution is 2.38. The summed E-state index contributed by atoms with van der Waals surface area (Å²) in [5, 5.41) is 3.47. The van der Waals surface area contributed by atoms with Gasteiger partial charge in [0.25, 0.3) is 0 Å². The number of nitrogens with one attached hydrogen (secondary N) is 1. The van der Waals surface area contributed by atoms with E-state index in [9.17, 15) is 4.79 Å². The van der Waals surface area contributed by atoms with Crippen LogP contribution in [0.15, 0.2) is 24.3 Å². The van der Waals surface area contributed by atoms with Crippen molar-refractivity contribution in [3.05, 3.63) is 35.4 Å². The normalized spacial score (nSPS) is 24.3. The Morgan fingerprint density at radius 1 is 1.44 bits per heavy atom. The molecule has 0 aliphatic heterocycles. The van der Waals surface area contributed by atoms with Gasteiger partial charge < -0.3 is 11.1 Å². The molecule has 3 heteroatoms. The Balaban J connectivity index is 1.81. The molecule has 0 spiro atoms. The zero-order valence-electron chi connectivity index (χ0n) is 11.1. The standard InChI is InChI=1S/C15H22N2O/c1-10-5-3-4-6-14(10)12-8-13(9-12)17-11(2)7-15(16)18/h3-6,11-13,17H,7-9H2,1-2H3,(H2,16,18). The molecule has 18 heavy (non-hydrogen) atoms. The van der Waals surface area contributed by atoms with Gasteiger partial charge in [-0.25, -0.2) is 0 Å². The van der Waals surface area contributed by atoms with Crippen molar-refractivity contribution in [1.29, 1.82) is 0 Å². The van der Waals surface area contributed by atoms with Crippen LogP contribution in [0, 0.1) is 6.92 Å². The number of hydrogen-bond donors (Lipinski definition) is 2. The Morgan fingerprint density at radius 3 is 2.72 bits per heavy atom. The van der Waals surface area contributed by atoms with Crippen molar-refractivity contribution in [3.8, 4) is 0 Å². The molecule has 2 rings (SSSR count). The molecule has 1 aliphatic rings. The molecule has 1 unspecified atom stereocenters. The van der Waals surface area contributed by atoms with E-state index in [1.807, 2.05) is 6.92 Å². The van der Waals surface area contributed by atoms with Crippen LogP contribution in [0.1, 0.15) is 43.2 Å².